The second-order valence-electron chi connectivity index (χ2n) is 9.15. The maximum Gasteiger partial charge on any atom is 0.0126 e. The molecule has 1 nitrogen and oxygen atoms in total. The Morgan fingerprint density at radius 3 is 2.22 bits per heavy atom. The van der Waals surface area contributed by atoms with Gasteiger partial charge in [0.05, 0.1) is 0 Å². The summed E-state index contributed by atoms with van der Waals surface area (Å²) in [5, 5.41) is 0. The quantitative estimate of drug-likeness (QED) is 0.557. The molecule has 3 aliphatic rings. The van der Waals surface area contributed by atoms with Gasteiger partial charge < -0.3 is 4.90 Å². The van der Waals surface area contributed by atoms with Crippen LogP contribution in [0, 0.1) is 23.7 Å². The molecule has 1 heteroatoms. The molecule has 0 amide bonds. The number of fused-ring (bicyclic) bond motifs is 1. The Kier molecular flexibility index (Phi) is 6.46. The summed E-state index contributed by atoms with van der Waals surface area (Å²) < 4.78 is 0. The smallest absolute Gasteiger partial charge is 0.0126 e. The first-order chi connectivity index (χ1) is 11.2. The van der Waals surface area contributed by atoms with E-state index in [1.807, 2.05) is 0 Å². The summed E-state index contributed by atoms with van der Waals surface area (Å²) in [5.74, 6) is 4.24. The van der Waals surface area contributed by atoms with E-state index >= 15 is 0 Å². The van der Waals surface area contributed by atoms with Gasteiger partial charge in [-0.1, -0.05) is 58.8 Å². The molecule has 0 aromatic carbocycles. The van der Waals surface area contributed by atoms with E-state index in [1.54, 1.807) is 25.7 Å². The summed E-state index contributed by atoms with van der Waals surface area (Å²) in [6.07, 6.45) is 19.4. The van der Waals surface area contributed by atoms with E-state index < -0.39 is 0 Å². The molecule has 0 N–H and O–H groups in total. The highest BCUT2D eigenvalue weighted by Crippen LogP contribution is 2.48. The van der Waals surface area contributed by atoms with Crippen LogP contribution in [0.2, 0.25) is 0 Å². The summed E-state index contributed by atoms with van der Waals surface area (Å²) in [6.45, 7) is 4.78. The normalized spacial score (nSPS) is 41.9. The molecule has 0 radical (unpaired) electrons. The fraction of sp³-hybridized carbons (Fsp3) is 1.00. The second kappa shape index (κ2) is 8.37. The van der Waals surface area contributed by atoms with Crippen LogP contribution in [-0.4, -0.2) is 24.0 Å². The molecule has 0 bridgehead atoms. The van der Waals surface area contributed by atoms with E-state index in [9.17, 15) is 0 Å². The Morgan fingerprint density at radius 2 is 1.61 bits per heavy atom. The Morgan fingerprint density at radius 1 is 0.913 bits per heavy atom. The molecule has 2 saturated carbocycles. The number of hydrogen-bond acceptors (Lipinski definition) is 1. The van der Waals surface area contributed by atoms with Crippen molar-refractivity contribution in [3.05, 3.63) is 0 Å². The predicted molar refractivity (Wildman–Crippen MR) is 101 cm³/mol. The molecule has 5 atom stereocenters. The van der Waals surface area contributed by atoms with Crippen molar-refractivity contribution in [3.63, 3.8) is 0 Å². The van der Waals surface area contributed by atoms with Crippen molar-refractivity contribution >= 4 is 0 Å². The Balaban J connectivity index is 1.58. The molecule has 0 aromatic rings. The molecule has 0 spiro atoms. The summed E-state index contributed by atoms with van der Waals surface area (Å²) in [6, 6.07) is 1.77. The summed E-state index contributed by atoms with van der Waals surface area (Å²) in [4.78, 5) is 2.84. The van der Waals surface area contributed by atoms with E-state index in [-0.39, 0.29) is 0 Å². The van der Waals surface area contributed by atoms with Crippen molar-refractivity contribution in [2.24, 2.45) is 23.7 Å². The number of hydrogen-bond donors (Lipinski definition) is 0. The maximum absolute atomic E-state index is 2.84. The molecule has 1 heterocycles. The van der Waals surface area contributed by atoms with Gasteiger partial charge in [0.2, 0.25) is 0 Å². The van der Waals surface area contributed by atoms with E-state index in [1.165, 1.54) is 57.8 Å². The Hall–Kier alpha value is -0.0400. The van der Waals surface area contributed by atoms with Gasteiger partial charge in [0.25, 0.3) is 0 Å². The Labute approximate surface area is 145 Å². The van der Waals surface area contributed by atoms with E-state index in [0.29, 0.717) is 0 Å². The van der Waals surface area contributed by atoms with Crippen LogP contribution in [0.25, 0.3) is 0 Å². The van der Waals surface area contributed by atoms with Gasteiger partial charge in [-0.2, -0.15) is 0 Å². The third-order valence-corrected chi connectivity index (χ3v) is 7.84. The lowest BCUT2D eigenvalue weighted by Gasteiger charge is -2.45. The first-order valence-corrected chi connectivity index (χ1v) is 10.9. The average Bonchev–Trinajstić information content (AvgIpc) is 2.98. The highest BCUT2D eigenvalue weighted by atomic mass is 15.2. The summed E-state index contributed by atoms with van der Waals surface area (Å²) in [5.41, 5.74) is 0. The minimum absolute atomic E-state index is 0.881. The van der Waals surface area contributed by atoms with Gasteiger partial charge in [0, 0.05) is 12.1 Å². The van der Waals surface area contributed by atoms with Crippen molar-refractivity contribution in [1.82, 2.24) is 4.90 Å². The molecule has 5 unspecified atom stereocenters. The first-order valence-electron chi connectivity index (χ1n) is 10.9. The molecule has 3 fully saturated rings. The zero-order valence-electron chi connectivity index (χ0n) is 16.1. The zero-order chi connectivity index (χ0) is 16.2. The standard InChI is InChI=1S/C22H41N/c1-4-6-11-21-13-12-18(5-2)22(23(21)3)16-17-14-19-9-7-8-10-20(19)15-17/h17-22H,4-16H2,1-3H3. The highest BCUT2D eigenvalue weighted by molar-refractivity contribution is 4.93. The fourth-order valence-corrected chi connectivity index (χ4v) is 6.42. The van der Waals surface area contributed by atoms with Crippen LogP contribution in [0.4, 0.5) is 0 Å². The molecule has 2 aliphatic carbocycles. The van der Waals surface area contributed by atoms with Crippen molar-refractivity contribution in [2.75, 3.05) is 7.05 Å². The highest BCUT2D eigenvalue weighted by Gasteiger charge is 2.40. The van der Waals surface area contributed by atoms with Gasteiger partial charge in [0.15, 0.2) is 0 Å². The first kappa shape index (κ1) is 17.8. The SMILES string of the molecule is CCCCC1CCC(CC)C(CC2CC3CCCCC3C2)N1C. The van der Waals surface area contributed by atoms with Crippen molar-refractivity contribution in [3.8, 4) is 0 Å². The Bertz CT molecular complexity index is 338. The number of nitrogens with zero attached hydrogens (tertiary/aromatic N) is 1. The van der Waals surface area contributed by atoms with Crippen LogP contribution in [-0.2, 0) is 0 Å². The van der Waals surface area contributed by atoms with Crippen LogP contribution in [0.15, 0.2) is 0 Å². The van der Waals surface area contributed by atoms with Gasteiger partial charge in [-0.3, -0.25) is 0 Å². The predicted octanol–water partition coefficient (Wildman–Crippen LogP) is 6.27. The lowest BCUT2D eigenvalue weighted by Crippen LogP contribution is -2.49. The molecular formula is C22H41N. The molecule has 1 aliphatic heterocycles. The number of unbranched alkanes of at least 4 members (excludes halogenated alkanes) is 1. The maximum atomic E-state index is 2.84. The average molecular weight is 320 g/mol. The van der Waals surface area contributed by atoms with Gasteiger partial charge in [0.1, 0.15) is 0 Å². The van der Waals surface area contributed by atoms with E-state index in [2.05, 4.69) is 25.8 Å². The largest absolute Gasteiger partial charge is 0.300 e. The van der Waals surface area contributed by atoms with Gasteiger partial charge in [-0.15, -0.1) is 0 Å². The number of rotatable bonds is 6. The molecule has 1 saturated heterocycles. The van der Waals surface area contributed by atoms with Crippen molar-refractivity contribution in [1.29, 1.82) is 0 Å². The molecule has 134 valence electrons. The van der Waals surface area contributed by atoms with Crippen molar-refractivity contribution in [2.45, 2.75) is 109 Å². The third kappa shape index (κ3) is 4.14. The monoisotopic (exact) mass is 319 g/mol. The van der Waals surface area contributed by atoms with Gasteiger partial charge in [-0.05, 0) is 69.2 Å². The van der Waals surface area contributed by atoms with Gasteiger partial charge >= 0.3 is 0 Å². The molecule has 23 heavy (non-hydrogen) atoms. The topological polar surface area (TPSA) is 3.24 Å². The van der Waals surface area contributed by atoms with E-state index in [4.69, 9.17) is 0 Å². The lowest BCUT2D eigenvalue weighted by molar-refractivity contribution is 0.0411. The molecule has 0 aromatic heterocycles. The van der Waals surface area contributed by atoms with Crippen LogP contribution < -0.4 is 0 Å². The van der Waals surface area contributed by atoms with Crippen LogP contribution in [0.5, 0.6) is 0 Å². The van der Waals surface area contributed by atoms with Gasteiger partial charge in [-0.25, -0.2) is 0 Å². The molecule has 3 rings (SSSR count). The lowest BCUT2D eigenvalue weighted by atomic mass is 9.78. The summed E-state index contributed by atoms with van der Waals surface area (Å²) in [7, 11) is 2.47. The minimum Gasteiger partial charge on any atom is -0.300 e. The summed E-state index contributed by atoms with van der Waals surface area (Å²) >= 11 is 0. The minimum atomic E-state index is 0.881. The third-order valence-electron chi connectivity index (χ3n) is 7.84. The zero-order valence-corrected chi connectivity index (χ0v) is 16.1. The number of piperidine rings is 1. The van der Waals surface area contributed by atoms with E-state index in [0.717, 1.165) is 35.8 Å². The number of likely N-dealkylation sites (tertiary alicyclic amines) is 1. The van der Waals surface area contributed by atoms with Crippen LogP contribution in [0.3, 0.4) is 0 Å². The van der Waals surface area contributed by atoms with Crippen LogP contribution in [0.1, 0.15) is 97.3 Å². The molecular weight excluding hydrogens is 278 g/mol. The second-order valence-corrected chi connectivity index (χ2v) is 9.15. The van der Waals surface area contributed by atoms with Crippen LogP contribution >= 0.6 is 0 Å². The fourth-order valence-electron chi connectivity index (χ4n) is 6.42. The van der Waals surface area contributed by atoms with Crippen molar-refractivity contribution < 1.29 is 0 Å².